The minimum Gasteiger partial charge on any atom is -0.299 e. The molecule has 3 aliphatic heterocycles. The lowest BCUT2D eigenvalue weighted by molar-refractivity contribution is 0.00700. The minimum atomic E-state index is -0.427. The Bertz CT molecular complexity index is 301. The third-order valence-electron chi connectivity index (χ3n) is 4.99. The van der Waals surface area contributed by atoms with E-state index in [0.29, 0.717) is 17.9 Å². The van der Waals surface area contributed by atoms with Crippen LogP contribution in [0.15, 0.2) is 0 Å². The van der Waals surface area contributed by atoms with Crippen LogP contribution in [0, 0.1) is 11.8 Å². The summed E-state index contributed by atoms with van der Waals surface area (Å²) in [5.41, 5.74) is 0.251. The average Bonchev–Trinajstić information content (AvgIpc) is 2.24. The highest BCUT2D eigenvalue weighted by Gasteiger charge is 2.49. The van der Waals surface area contributed by atoms with Crippen LogP contribution < -0.4 is 10.2 Å². The predicted molar refractivity (Wildman–Crippen MR) is 88.7 cm³/mol. The number of fused-ring (bicyclic) bond motifs is 6. The van der Waals surface area contributed by atoms with E-state index in [4.69, 9.17) is 0 Å². The van der Waals surface area contributed by atoms with Gasteiger partial charge < -0.3 is 0 Å². The molecule has 0 radical (unpaired) electrons. The van der Waals surface area contributed by atoms with Gasteiger partial charge in [0, 0.05) is 44.3 Å². The molecule has 0 amide bonds. The molecule has 3 aliphatic rings. The van der Waals surface area contributed by atoms with Gasteiger partial charge >= 0.3 is 0 Å². The third kappa shape index (κ3) is 2.91. The van der Waals surface area contributed by atoms with Gasteiger partial charge in [-0.15, -0.1) is 0 Å². The molecular formula is C15H33N4P. The fourth-order valence-corrected chi connectivity index (χ4v) is 6.40. The number of nitrogens with zero attached hydrogens (tertiary/aromatic N) is 2. The number of hydrogen-bond donors (Lipinski definition) is 2. The summed E-state index contributed by atoms with van der Waals surface area (Å²) in [5.74, 6) is 1.30. The van der Waals surface area contributed by atoms with Crippen LogP contribution in [-0.2, 0) is 0 Å². The molecule has 0 spiro atoms. The largest absolute Gasteiger partial charge is 0.299 e. The summed E-state index contributed by atoms with van der Waals surface area (Å²) < 4.78 is 2.78. The Hall–Kier alpha value is 0.270. The molecule has 0 aromatic rings. The van der Waals surface area contributed by atoms with Gasteiger partial charge in [0.25, 0.3) is 0 Å². The van der Waals surface area contributed by atoms with Gasteiger partial charge in [-0.2, -0.15) is 0 Å². The first-order valence-corrected chi connectivity index (χ1v) is 9.47. The Morgan fingerprint density at radius 1 is 0.900 bits per heavy atom. The second-order valence-corrected chi connectivity index (χ2v) is 8.83. The van der Waals surface area contributed by atoms with E-state index in [0.717, 1.165) is 13.1 Å². The van der Waals surface area contributed by atoms with Crippen molar-refractivity contribution < 1.29 is 0 Å². The Balaban J connectivity index is 2.47. The normalized spacial score (nSPS) is 31.6. The second-order valence-electron chi connectivity index (χ2n) is 7.14. The lowest BCUT2D eigenvalue weighted by atomic mass is 9.75. The van der Waals surface area contributed by atoms with Crippen molar-refractivity contribution in [3.63, 3.8) is 0 Å². The zero-order chi connectivity index (χ0) is 14.9. The molecule has 118 valence electrons. The predicted octanol–water partition coefficient (Wildman–Crippen LogP) is 2.48. The van der Waals surface area contributed by atoms with E-state index in [2.05, 4.69) is 61.3 Å². The topological polar surface area (TPSA) is 30.5 Å². The van der Waals surface area contributed by atoms with Crippen LogP contribution in [-0.4, -0.2) is 53.9 Å². The number of hydrogen-bond acceptors (Lipinski definition) is 4. The monoisotopic (exact) mass is 300 g/mol. The molecule has 2 N–H and O–H groups in total. The lowest BCUT2D eigenvalue weighted by Gasteiger charge is -2.58. The fraction of sp³-hybridized carbons (Fsp3) is 1.00. The average molecular weight is 300 g/mol. The molecule has 0 unspecified atom stereocenters. The summed E-state index contributed by atoms with van der Waals surface area (Å²) in [5, 5.41) is 7.57. The number of rotatable bonds is 3. The molecule has 3 fully saturated rings. The molecule has 0 aromatic carbocycles. The van der Waals surface area contributed by atoms with Crippen molar-refractivity contribution >= 4 is 8.37 Å². The van der Waals surface area contributed by atoms with Crippen LogP contribution in [0.5, 0.6) is 0 Å². The second kappa shape index (κ2) is 6.58. The van der Waals surface area contributed by atoms with Gasteiger partial charge in [-0.05, 0) is 25.7 Å². The highest BCUT2D eigenvalue weighted by Crippen LogP contribution is 2.48. The van der Waals surface area contributed by atoms with Gasteiger partial charge in [-0.3, -0.25) is 15.1 Å². The van der Waals surface area contributed by atoms with Crippen molar-refractivity contribution in [1.29, 1.82) is 0 Å². The molecule has 5 heteroatoms. The summed E-state index contributed by atoms with van der Waals surface area (Å²) in [6, 6.07) is 0.559. The minimum absolute atomic E-state index is 0.251. The van der Waals surface area contributed by atoms with E-state index in [-0.39, 0.29) is 5.54 Å². The molecule has 3 heterocycles. The van der Waals surface area contributed by atoms with E-state index >= 15 is 0 Å². The molecular weight excluding hydrogens is 267 g/mol. The summed E-state index contributed by atoms with van der Waals surface area (Å²) in [6.07, 6.45) is 0. The van der Waals surface area contributed by atoms with Crippen molar-refractivity contribution in [3.05, 3.63) is 0 Å². The first-order chi connectivity index (χ1) is 9.39. The third-order valence-corrected chi connectivity index (χ3v) is 7.30. The molecule has 0 saturated carbocycles. The maximum Gasteiger partial charge on any atom is 0.115 e. The Kier molecular flexibility index (Phi) is 5.47. The Morgan fingerprint density at radius 3 is 1.80 bits per heavy atom. The molecule has 20 heavy (non-hydrogen) atoms. The van der Waals surface area contributed by atoms with Gasteiger partial charge in [0.05, 0.1) is 0 Å². The van der Waals surface area contributed by atoms with Crippen LogP contribution in [0.3, 0.4) is 0 Å². The number of nitrogens with one attached hydrogen (secondary N) is 2. The van der Waals surface area contributed by atoms with Crippen LogP contribution in [0.4, 0.5) is 0 Å². The SMILES string of the molecule is CC(C)N1P2NCCN(CCN2)CC1(C(C)C)C(C)C. The molecule has 3 saturated heterocycles. The molecule has 2 bridgehead atoms. The fourth-order valence-electron chi connectivity index (χ4n) is 4.00. The van der Waals surface area contributed by atoms with E-state index in [1.807, 2.05) is 0 Å². The first-order valence-electron chi connectivity index (χ1n) is 8.18. The van der Waals surface area contributed by atoms with E-state index in [1.165, 1.54) is 19.6 Å². The summed E-state index contributed by atoms with van der Waals surface area (Å²) in [4.78, 5) is 2.65. The Morgan fingerprint density at radius 2 is 1.40 bits per heavy atom. The summed E-state index contributed by atoms with van der Waals surface area (Å²) in [7, 11) is -0.427. The van der Waals surface area contributed by atoms with Gasteiger partial charge in [0.1, 0.15) is 8.37 Å². The molecule has 0 atom stereocenters. The van der Waals surface area contributed by atoms with Crippen molar-refractivity contribution in [1.82, 2.24) is 19.7 Å². The Labute approximate surface area is 126 Å². The molecule has 4 nitrogen and oxygen atoms in total. The quantitative estimate of drug-likeness (QED) is 0.784. The summed E-state index contributed by atoms with van der Waals surface area (Å²) >= 11 is 0. The van der Waals surface area contributed by atoms with Crippen LogP contribution >= 0.6 is 8.37 Å². The van der Waals surface area contributed by atoms with E-state index in [9.17, 15) is 0 Å². The highest BCUT2D eigenvalue weighted by atomic mass is 31.1. The van der Waals surface area contributed by atoms with Gasteiger partial charge in [0.15, 0.2) is 0 Å². The van der Waals surface area contributed by atoms with Crippen molar-refractivity contribution in [2.45, 2.75) is 53.1 Å². The van der Waals surface area contributed by atoms with Crippen molar-refractivity contribution in [3.8, 4) is 0 Å². The maximum atomic E-state index is 3.79. The molecule has 0 aromatic heterocycles. The first kappa shape index (κ1) is 16.6. The van der Waals surface area contributed by atoms with E-state index in [1.54, 1.807) is 0 Å². The molecule has 0 aliphatic carbocycles. The van der Waals surface area contributed by atoms with E-state index < -0.39 is 8.37 Å². The van der Waals surface area contributed by atoms with Gasteiger partial charge in [0.2, 0.25) is 0 Å². The van der Waals surface area contributed by atoms with Gasteiger partial charge in [-0.1, -0.05) is 27.7 Å². The van der Waals surface area contributed by atoms with Gasteiger partial charge in [-0.25, -0.2) is 4.67 Å². The smallest absolute Gasteiger partial charge is 0.115 e. The molecule has 3 rings (SSSR count). The van der Waals surface area contributed by atoms with Crippen molar-refractivity contribution in [2.75, 3.05) is 32.7 Å². The van der Waals surface area contributed by atoms with Crippen LogP contribution in [0.1, 0.15) is 41.5 Å². The standard InChI is InChI=1S/C15H33N4P/c1-12(2)15(13(3)4)11-18-9-7-16-20(17-8-10-18)19(15)14(5)6/h12-14,16-17H,7-11H2,1-6H3. The highest BCUT2D eigenvalue weighted by molar-refractivity contribution is 7.50. The zero-order valence-corrected chi connectivity index (χ0v) is 15.0. The van der Waals surface area contributed by atoms with Crippen LogP contribution in [0.25, 0.3) is 0 Å². The zero-order valence-electron chi connectivity index (χ0n) is 14.1. The lowest BCUT2D eigenvalue weighted by Crippen LogP contribution is -2.67. The summed E-state index contributed by atoms with van der Waals surface area (Å²) in [6.45, 7) is 20.1. The van der Waals surface area contributed by atoms with Crippen LogP contribution in [0.2, 0.25) is 0 Å². The maximum absolute atomic E-state index is 3.79. The van der Waals surface area contributed by atoms with Crippen molar-refractivity contribution in [2.24, 2.45) is 11.8 Å².